The summed E-state index contributed by atoms with van der Waals surface area (Å²) in [5, 5.41) is 0.698. The Bertz CT molecular complexity index is 906. The van der Waals surface area contributed by atoms with E-state index in [1.165, 1.54) is 6.42 Å². The highest BCUT2D eigenvalue weighted by atomic mass is 35.5. The molecule has 1 saturated heterocycles. The van der Waals surface area contributed by atoms with Gasteiger partial charge in [-0.05, 0) is 43.4 Å². The zero-order valence-corrected chi connectivity index (χ0v) is 18.3. The minimum atomic E-state index is -0.559. The molecular formula is C25H29ClN2O2. The lowest BCUT2D eigenvalue weighted by molar-refractivity contribution is -0.159. The molecule has 0 bridgehead atoms. The summed E-state index contributed by atoms with van der Waals surface area (Å²) in [6.45, 7) is 2.70. The van der Waals surface area contributed by atoms with Gasteiger partial charge < -0.3 is 9.80 Å². The fourth-order valence-electron chi connectivity index (χ4n) is 4.72. The molecular weight excluding hydrogens is 396 g/mol. The monoisotopic (exact) mass is 424 g/mol. The number of carbonyl (C=O) groups excluding carboxylic acids is 2. The van der Waals surface area contributed by atoms with Crippen LogP contribution in [0, 0.1) is 6.92 Å². The van der Waals surface area contributed by atoms with Gasteiger partial charge >= 0.3 is 0 Å². The van der Waals surface area contributed by atoms with E-state index >= 15 is 0 Å². The Labute approximate surface area is 183 Å². The van der Waals surface area contributed by atoms with Crippen molar-refractivity contribution in [3.63, 3.8) is 0 Å². The molecule has 1 aliphatic heterocycles. The van der Waals surface area contributed by atoms with Crippen LogP contribution in [0.1, 0.15) is 54.8 Å². The standard InChI is InChI=1S/C25H29ClN2O2/c1-18-11-13-20(14-12-18)24-25(30)28(21-8-3-2-4-9-21)17-23(29)27(24)16-15-19-7-5-6-10-22(19)26/h5-7,10-14,21,24H,2-4,8-9,15-17H2,1H3/t24-/m0/s1. The lowest BCUT2D eigenvalue weighted by Crippen LogP contribution is -2.58. The van der Waals surface area contributed by atoms with E-state index in [9.17, 15) is 9.59 Å². The second kappa shape index (κ2) is 9.22. The molecule has 1 atom stereocenters. The number of carbonyl (C=O) groups is 2. The molecule has 4 nitrogen and oxygen atoms in total. The quantitative estimate of drug-likeness (QED) is 0.682. The predicted octanol–water partition coefficient (Wildman–Crippen LogP) is 4.94. The highest BCUT2D eigenvalue weighted by molar-refractivity contribution is 6.31. The summed E-state index contributed by atoms with van der Waals surface area (Å²) in [6.07, 6.45) is 6.11. The molecule has 0 unspecified atom stereocenters. The van der Waals surface area contributed by atoms with Gasteiger partial charge in [-0.15, -0.1) is 0 Å². The number of hydrogen-bond donors (Lipinski definition) is 0. The van der Waals surface area contributed by atoms with Crippen LogP contribution in [0.15, 0.2) is 48.5 Å². The molecule has 0 aromatic heterocycles. The molecule has 5 heteroatoms. The van der Waals surface area contributed by atoms with Crippen LogP contribution in [-0.2, 0) is 16.0 Å². The second-order valence-electron chi connectivity index (χ2n) is 8.50. The average Bonchev–Trinajstić information content (AvgIpc) is 2.76. The first-order valence-electron chi connectivity index (χ1n) is 10.9. The van der Waals surface area contributed by atoms with E-state index in [0.29, 0.717) is 18.0 Å². The van der Waals surface area contributed by atoms with Crippen LogP contribution in [0.25, 0.3) is 0 Å². The molecule has 4 rings (SSSR count). The summed E-state index contributed by atoms with van der Waals surface area (Å²) in [7, 11) is 0. The molecule has 2 fully saturated rings. The van der Waals surface area contributed by atoms with Crippen molar-refractivity contribution >= 4 is 23.4 Å². The fraction of sp³-hybridized carbons (Fsp3) is 0.440. The first kappa shape index (κ1) is 20.9. The minimum Gasteiger partial charge on any atom is -0.328 e. The van der Waals surface area contributed by atoms with E-state index in [4.69, 9.17) is 11.6 Å². The van der Waals surface area contributed by atoms with E-state index in [1.54, 1.807) is 4.90 Å². The lowest BCUT2D eigenvalue weighted by atomic mass is 9.91. The molecule has 0 N–H and O–H groups in total. The van der Waals surface area contributed by atoms with Crippen LogP contribution in [-0.4, -0.2) is 40.7 Å². The van der Waals surface area contributed by atoms with Gasteiger partial charge in [-0.2, -0.15) is 0 Å². The Balaban J connectivity index is 1.61. The zero-order chi connectivity index (χ0) is 21.1. The molecule has 158 valence electrons. The van der Waals surface area contributed by atoms with E-state index < -0.39 is 6.04 Å². The molecule has 30 heavy (non-hydrogen) atoms. The van der Waals surface area contributed by atoms with Crippen LogP contribution in [0.4, 0.5) is 0 Å². The maximum Gasteiger partial charge on any atom is 0.250 e. The van der Waals surface area contributed by atoms with E-state index in [0.717, 1.165) is 42.4 Å². The molecule has 1 heterocycles. The summed E-state index contributed by atoms with van der Waals surface area (Å²) in [6, 6.07) is 15.3. The molecule has 0 spiro atoms. The summed E-state index contributed by atoms with van der Waals surface area (Å²) >= 11 is 6.32. The van der Waals surface area contributed by atoms with Crippen molar-refractivity contribution in [1.82, 2.24) is 9.80 Å². The Kier molecular flexibility index (Phi) is 6.43. The van der Waals surface area contributed by atoms with Gasteiger partial charge in [0, 0.05) is 17.6 Å². The van der Waals surface area contributed by atoms with E-state index in [2.05, 4.69) is 0 Å². The Morgan fingerprint density at radius 1 is 0.967 bits per heavy atom. The van der Waals surface area contributed by atoms with Crippen molar-refractivity contribution in [3.8, 4) is 0 Å². The van der Waals surface area contributed by atoms with Crippen molar-refractivity contribution in [2.24, 2.45) is 0 Å². The summed E-state index contributed by atoms with van der Waals surface area (Å²) in [5.74, 6) is 0.0855. The first-order valence-corrected chi connectivity index (χ1v) is 11.3. The van der Waals surface area contributed by atoms with E-state index in [-0.39, 0.29) is 24.4 Å². The number of hydrogen-bond acceptors (Lipinski definition) is 2. The van der Waals surface area contributed by atoms with Crippen molar-refractivity contribution in [1.29, 1.82) is 0 Å². The number of aryl methyl sites for hydroxylation is 1. The third-order valence-corrected chi connectivity index (χ3v) is 6.81. The van der Waals surface area contributed by atoms with Gasteiger partial charge in [0.2, 0.25) is 5.91 Å². The molecule has 2 aliphatic rings. The number of halogens is 1. The fourth-order valence-corrected chi connectivity index (χ4v) is 4.95. The average molecular weight is 425 g/mol. The number of rotatable bonds is 5. The Morgan fingerprint density at radius 2 is 1.67 bits per heavy atom. The molecule has 0 radical (unpaired) electrons. The van der Waals surface area contributed by atoms with Gasteiger partial charge in [-0.25, -0.2) is 0 Å². The molecule has 1 saturated carbocycles. The summed E-state index contributed by atoms with van der Waals surface area (Å²) in [4.78, 5) is 30.5. The van der Waals surface area contributed by atoms with Gasteiger partial charge in [-0.3, -0.25) is 9.59 Å². The smallest absolute Gasteiger partial charge is 0.250 e. The van der Waals surface area contributed by atoms with Crippen molar-refractivity contribution in [2.75, 3.05) is 13.1 Å². The highest BCUT2D eigenvalue weighted by Gasteiger charge is 2.42. The number of benzene rings is 2. The number of amides is 2. The topological polar surface area (TPSA) is 40.6 Å². The maximum atomic E-state index is 13.7. The summed E-state index contributed by atoms with van der Waals surface area (Å²) in [5.41, 5.74) is 3.02. The predicted molar refractivity (Wildman–Crippen MR) is 119 cm³/mol. The Hall–Kier alpha value is -2.33. The van der Waals surface area contributed by atoms with Gasteiger partial charge in [0.25, 0.3) is 5.91 Å². The van der Waals surface area contributed by atoms with Crippen molar-refractivity contribution in [2.45, 2.75) is 57.5 Å². The van der Waals surface area contributed by atoms with Crippen molar-refractivity contribution < 1.29 is 9.59 Å². The largest absolute Gasteiger partial charge is 0.328 e. The third kappa shape index (κ3) is 4.39. The van der Waals surface area contributed by atoms with Crippen LogP contribution in [0.5, 0.6) is 0 Å². The number of piperazine rings is 1. The van der Waals surface area contributed by atoms with Crippen LogP contribution in [0.2, 0.25) is 5.02 Å². The lowest BCUT2D eigenvalue weighted by Gasteiger charge is -2.44. The van der Waals surface area contributed by atoms with E-state index in [1.807, 2.05) is 60.4 Å². The van der Waals surface area contributed by atoms with Gasteiger partial charge in [0.1, 0.15) is 12.6 Å². The van der Waals surface area contributed by atoms with Crippen LogP contribution in [0.3, 0.4) is 0 Å². The third-order valence-electron chi connectivity index (χ3n) is 6.44. The van der Waals surface area contributed by atoms with Crippen molar-refractivity contribution in [3.05, 3.63) is 70.2 Å². The maximum absolute atomic E-state index is 13.7. The van der Waals surface area contributed by atoms with Gasteiger partial charge in [-0.1, -0.05) is 78.9 Å². The molecule has 1 aliphatic carbocycles. The Morgan fingerprint density at radius 3 is 2.37 bits per heavy atom. The zero-order valence-electron chi connectivity index (χ0n) is 17.5. The molecule has 2 aromatic rings. The highest BCUT2D eigenvalue weighted by Crippen LogP contribution is 2.33. The van der Waals surface area contributed by atoms with Gasteiger partial charge in [0.15, 0.2) is 0 Å². The SMILES string of the molecule is Cc1ccc([C@H]2C(=O)N(C3CCCCC3)CC(=O)N2CCc2ccccc2Cl)cc1. The molecule has 2 amide bonds. The normalized spacial score (nSPS) is 20.7. The molecule has 2 aromatic carbocycles. The summed E-state index contributed by atoms with van der Waals surface area (Å²) < 4.78 is 0. The van der Waals surface area contributed by atoms with Gasteiger partial charge in [0.05, 0.1) is 0 Å². The van der Waals surface area contributed by atoms with Crippen LogP contribution >= 0.6 is 11.6 Å². The number of nitrogens with zero attached hydrogens (tertiary/aromatic N) is 2. The first-order chi connectivity index (χ1) is 14.5. The second-order valence-corrected chi connectivity index (χ2v) is 8.91. The van der Waals surface area contributed by atoms with Crippen LogP contribution < -0.4 is 0 Å². The minimum absolute atomic E-state index is 0.0257.